The highest BCUT2D eigenvalue weighted by Gasteiger charge is 2.13. The van der Waals surface area contributed by atoms with Crippen molar-refractivity contribution in [1.29, 1.82) is 0 Å². The Bertz CT molecular complexity index is 1450. The van der Waals surface area contributed by atoms with Crippen LogP contribution in [0.3, 0.4) is 0 Å². The number of carbonyl (C=O) groups excluding carboxylic acids is 1. The zero-order chi connectivity index (χ0) is 22.8. The highest BCUT2D eigenvalue weighted by Crippen LogP contribution is 2.23. The van der Waals surface area contributed by atoms with Crippen molar-refractivity contribution in [3.63, 3.8) is 0 Å². The molecule has 0 amide bonds. The van der Waals surface area contributed by atoms with Crippen molar-refractivity contribution in [2.24, 2.45) is 0 Å². The Balaban J connectivity index is 1.37. The van der Waals surface area contributed by atoms with Gasteiger partial charge in [0.05, 0.1) is 5.56 Å². The summed E-state index contributed by atoms with van der Waals surface area (Å²) in [4.78, 5) is 25.3. The van der Waals surface area contributed by atoms with E-state index < -0.39 is 11.8 Å². The van der Waals surface area contributed by atoms with Gasteiger partial charge in [0.2, 0.25) is 0 Å². The van der Waals surface area contributed by atoms with Crippen LogP contribution in [0.15, 0.2) is 79.1 Å². The molecule has 0 bridgehead atoms. The molecule has 0 saturated carbocycles. The monoisotopic (exact) mass is 440 g/mol. The normalized spacial score (nSPS) is 10.8. The minimum absolute atomic E-state index is 0.141. The second-order valence-electron chi connectivity index (χ2n) is 7.22. The molecule has 9 heteroatoms. The van der Waals surface area contributed by atoms with Crippen LogP contribution in [0, 0.1) is 12.7 Å². The average Bonchev–Trinajstić information content (AvgIpc) is 3.25. The van der Waals surface area contributed by atoms with Gasteiger partial charge in [-0.1, -0.05) is 6.07 Å². The summed E-state index contributed by atoms with van der Waals surface area (Å²) in [7, 11) is 0. The van der Waals surface area contributed by atoms with E-state index in [0.717, 1.165) is 23.0 Å². The Morgan fingerprint density at radius 2 is 1.88 bits per heavy atom. The fourth-order valence-corrected chi connectivity index (χ4v) is 3.23. The van der Waals surface area contributed by atoms with Gasteiger partial charge in [-0.15, -0.1) is 5.10 Å². The molecule has 0 aliphatic rings. The highest BCUT2D eigenvalue weighted by atomic mass is 19.1. The van der Waals surface area contributed by atoms with Crippen molar-refractivity contribution in [1.82, 2.24) is 24.6 Å². The lowest BCUT2D eigenvalue weighted by molar-refractivity contribution is 0.0734. The summed E-state index contributed by atoms with van der Waals surface area (Å²) in [5.41, 5.74) is 2.44. The second kappa shape index (κ2) is 8.46. The molecule has 33 heavy (non-hydrogen) atoms. The number of carbonyl (C=O) groups is 1. The third-order valence-corrected chi connectivity index (χ3v) is 4.76. The smallest absolute Gasteiger partial charge is 0.343 e. The topological polar surface area (TPSA) is 94.3 Å². The number of hydrogen-bond donors (Lipinski definition) is 1. The van der Waals surface area contributed by atoms with Crippen LogP contribution in [0.25, 0.3) is 17.2 Å². The Kier molecular flexibility index (Phi) is 5.19. The first kappa shape index (κ1) is 20.3. The van der Waals surface area contributed by atoms with Gasteiger partial charge in [-0.2, -0.15) is 9.50 Å². The maximum absolute atomic E-state index is 13.3. The van der Waals surface area contributed by atoms with Crippen molar-refractivity contribution in [2.45, 2.75) is 6.92 Å². The van der Waals surface area contributed by atoms with E-state index in [1.807, 2.05) is 25.1 Å². The number of nitrogens with one attached hydrogen (secondary N) is 1. The third kappa shape index (κ3) is 4.38. The Morgan fingerprint density at radius 1 is 1.03 bits per heavy atom. The fraction of sp³-hybridized carbons (Fsp3) is 0.0417. The first-order valence-electron chi connectivity index (χ1n) is 10.0. The van der Waals surface area contributed by atoms with Crippen LogP contribution < -0.4 is 10.1 Å². The quantitative estimate of drug-likeness (QED) is 0.315. The Morgan fingerprint density at radius 3 is 2.64 bits per heavy atom. The van der Waals surface area contributed by atoms with Gasteiger partial charge in [0.1, 0.15) is 17.4 Å². The first-order valence-corrected chi connectivity index (χ1v) is 10.0. The number of aromatic nitrogens is 5. The van der Waals surface area contributed by atoms with Gasteiger partial charge >= 0.3 is 5.97 Å². The van der Waals surface area contributed by atoms with E-state index in [1.54, 1.807) is 41.2 Å². The lowest BCUT2D eigenvalue weighted by Crippen LogP contribution is -2.08. The van der Waals surface area contributed by atoms with Gasteiger partial charge in [-0.3, -0.25) is 4.98 Å². The van der Waals surface area contributed by atoms with Gasteiger partial charge in [-0.05, 0) is 61.5 Å². The number of nitrogens with zero attached hydrogens (tertiary/aromatic N) is 5. The van der Waals surface area contributed by atoms with Crippen LogP contribution >= 0.6 is 0 Å². The molecule has 1 N–H and O–H groups in total. The molecule has 8 nitrogen and oxygen atoms in total. The number of ether oxygens (including phenoxy) is 1. The molecule has 3 aromatic heterocycles. The van der Waals surface area contributed by atoms with Crippen LogP contribution in [0.2, 0.25) is 0 Å². The molecule has 0 saturated heterocycles. The number of pyridine rings is 1. The van der Waals surface area contributed by atoms with Gasteiger partial charge in [0.15, 0.2) is 5.82 Å². The number of hydrogen-bond acceptors (Lipinski definition) is 7. The minimum atomic E-state index is -0.632. The summed E-state index contributed by atoms with van der Waals surface area (Å²) < 4.78 is 20.3. The predicted octanol–water partition coefficient (Wildman–Crippen LogP) is 4.60. The standard InChI is InChI=1S/C24H17FN6O2/c1-15-12-21(31-24(27-15)29-22(30-31)17-5-3-11-26-14-17)28-19-7-9-20(10-8-19)33-23(32)16-4-2-6-18(25)13-16/h2-14,28H,1H3. The molecular weight excluding hydrogens is 423 g/mol. The van der Waals surface area contributed by atoms with Gasteiger partial charge < -0.3 is 10.1 Å². The second-order valence-corrected chi connectivity index (χ2v) is 7.22. The van der Waals surface area contributed by atoms with E-state index in [9.17, 15) is 9.18 Å². The van der Waals surface area contributed by atoms with Crippen LogP contribution in [0.1, 0.15) is 16.1 Å². The van der Waals surface area contributed by atoms with Gasteiger partial charge in [0, 0.05) is 35.4 Å². The lowest BCUT2D eigenvalue weighted by Gasteiger charge is -2.10. The summed E-state index contributed by atoms with van der Waals surface area (Å²) in [5, 5.41) is 7.85. The molecule has 5 rings (SSSR count). The zero-order valence-electron chi connectivity index (χ0n) is 17.4. The Labute approximate surface area is 187 Å². The highest BCUT2D eigenvalue weighted by molar-refractivity contribution is 5.91. The molecular formula is C24H17FN6O2. The molecule has 0 spiro atoms. The molecule has 162 valence electrons. The van der Waals surface area contributed by atoms with E-state index in [2.05, 4.69) is 25.4 Å². The molecule has 5 aromatic rings. The van der Waals surface area contributed by atoms with E-state index >= 15 is 0 Å². The van der Waals surface area contributed by atoms with E-state index in [-0.39, 0.29) is 5.56 Å². The number of rotatable bonds is 5. The summed E-state index contributed by atoms with van der Waals surface area (Å²) in [6.07, 6.45) is 3.38. The number of fused-ring (bicyclic) bond motifs is 1. The van der Waals surface area contributed by atoms with Crippen LogP contribution in [0.4, 0.5) is 15.9 Å². The fourth-order valence-electron chi connectivity index (χ4n) is 3.23. The molecule has 0 radical (unpaired) electrons. The summed E-state index contributed by atoms with van der Waals surface area (Å²) in [6.45, 7) is 1.87. The summed E-state index contributed by atoms with van der Waals surface area (Å²) in [6, 6.07) is 17.7. The number of halogens is 1. The van der Waals surface area contributed by atoms with Gasteiger partial charge in [0.25, 0.3) is 5.78 Å². The molecule has 0 aliphatic carbocycles. The minimum Gasteiger partial charge on any atom is -0.423 e. The van der Waals surface area contributed by atoms with Crippen LogP contribution in [0.5, 0.6) is 5.75 Å². The number of benzene rings is 2. The van der Waals surface area contributed by atoms with E-state index in [4.69, 9.17) is 4.74 Å². The molecule has 0 unspecified atom stereocenters. The predicted molar refractivity (Wildman–Crippen MR) is 120 cm³/mol. The number of anilines is 2. The van der Waals surface area contributed by atoms with Crippen LogP contribution in [-0.4, -0.2) is 30.5 Å². The largest absolute Gasteiger partial charge is 0.423 e. The van der Waals surface area contributed by atoms with Gasteiger partial charge in [-0.25, -0.2) is 14.2 Å². The molecule has 2 aromatic carbocycles. The first-order chi connectivity index (χ1) is 16.0. The van der Waals surface area contributed by atoms with E-state index in [0.29, 0.717) is 23.2 Å². The maximum Gasteiger partial charge on any atom is 0.343 e. The number of esters is 1. The van der Waals surface area contributed by atoms with Crippen molar-refractivity contribution >= 4 is 23.3 Å². The lowest BCUT2D eigenvalue weighted by atomic mass is 10.2. The van der Waals surface area contributed by atoms with E-state index in [1.165, 1.54) is 18.2 Å². The summed E-state index contributed by atoms with van der Waals surface area (Å²) in [5.74, 6) is 0.853. The van der Waals surface area contributed by atoms with Crippen molar-refractivity contribution in [3.8, 4) is 17.1 Å². The number of aryl methyl sites for hydroxylation is 1. The SMILES string of the molecule is Cc1cc(Nc2ccc(OC(=O)c3cccc(F)c3)cc2)n2nc(-c3cccnc3)nc2n1. The zero-order valence-corrected chi connectivity index (χ0v) is 17.4. The molecule has 0 aliphatic heterocycles. The van der Waals surface area contributed by atoms with Crippen LogP contribution in [-0.2, 0) is 0 Å². The maximum atomic E-state index is 13.3. The molecule has 0 atom stereocenters. The Hall–Kier alpha value is -4.66. The average molecular weight is 440 g/mol. The third-order valence-electron chi connectivity index (χ3n) is 4.76. The summed E-state index contributed by atoms with van der Waals surface area (Å²) >= 11 is 0. The van der Waals surface area contributed by atoms with Crippen molar-refractivity contribution < 1.29 is 13.9 Å². The molecule has 0 fully saturated rings. The molecule has 3 heterocycles. The van der Waals surface area contributed by atoms with Crippen molar-refractivity contribution in [2.75, 3.05) is 5.32 Å². The van der Waals surface area contributed by atoms with Crippen molar-refractivity contribution in [3.05, 3.63) is 96.2 Å².